The Hall–Kier alpha value is -0.480. The van der Waals surface area contributed by atoms with Crippen molar-refractivity contribution in [3.05, 3.63) is 0 Å². The summed E-state index contributed by atoms with van der Waals surface area (Å²) in [5.74, 6) is 5.98. The van der Waals surface area contributed by atoms with Gasteiger partial charge in [0, 0.05) is 12.5 Å². The maximum absolute atomic E-state index is 5.99. The first-order valence-electron chi connectivity index (χ1n) is 6.46. The summed E-state index contributed by atoms with van der Waals surface area (Å²) in [5.41, 5.74) is 5.99. The van der Waals surface area contributed by atoms with Crippen molar-refractivity contribution in [3.8, 4) is 11.8 Å². The van der Waals surface area contributed by atoms with Gasteiger partial charge in [0.05, 0.1) is 0 Å². The van der Waals surface area contributed by atoms with Gasteiger partial charge in [-0.3, -0.25) is 0 Å². The lowest BCUT2D eigenvalue weighted by Gasteiger charge is -2.08. The molecule has 0 spiro atoms. The van der Waals surface area contributed by atoms with Crippen LogP contribution >= 0.6 is 0 Å². The Bertz CT molecular complexity index is 176. The molecule has 88 valence electrons. The highest BCUT2D eigenvalue weighted by Crippen LogP contribution is 2.09. The van der Waals surface area contributed by atoms with Gasteiger partial charge in [0.2, 0.25) is 0 Å². The third-order valence-corrected chi connectivity index (χ3v) is 2.75. The molecule has 1 nitrogen and oxygen atoms in total. The van der Waals surface area contributed by atoms with E-state index in [0.29, 0.717) is 6.04 Å². The van der Waals surface area contributed by atoms with E-state index < -0.39 is 0 Å². The molecule has 0 rings (SSSR count). The minimum Gasteiger partial charge on any atom is -0.328 e. The topological polar surface area (TPSA) is 26.0 Å². The van der Waals surface area contributed by atoms with E-state index in [1.807, 2.05) is 6.92 Å². The third-order valence-electron chi connectivity index (χ3n) is 2.75. The zero-order valence-electron chi connectivity index (χ0n) is 10.5. The molecule has 0 fully saturated rings. The first-order valence-corrected chi connectivity index (χ1v) is 6.46. The summed E-state index contributed by atoms with van der Waals surface area (Å²) in [6.07, 6.45) is 11.4. The Kier molecular flexibility index (Phi) is 11.2. The summed E-state index contributed by atoms with van der Waals surface area (Å²) in [6.45, 7) is 4.14. The van der Waals surface area contributed by atoms with Crippen LogP contribution in [0.1, 0.15) is 71.6 Å². The van der Waals surface area contributed by atoms with Gasteiger partial charge in [-0.1, -0.05) is 45.4 Å². The van der Waals surface area contributed by atoms with Crippen molar-refractivity contribution < 1.29 is 0 Å². The molecule has 0 aliphatic heterocycles. The molecule has 1 heteroatoms. The van der Waals surface area contributed by atoms with Crippen LogP contribution in [0.2, 0.25) is 0 Å². The largest absolute Gasteiger partial charge is 0.328 e. The van der Waals surface area contributed by atoms with Crippen molar-refractivity contribution in [1.82, 2.24) is 0 Å². The van der Waals surface area contributed by atoms with Gasteiger partial charge in [0.1, 0.15) is 0 Å². The van der Waals surface area contributed by atoms with E-state index in [0.717, 1.165) is 12.8 Å². The Morgan fingerprint density at radius 3 is 2.33 bits per heavy atom. The van der Waals surface area contributed by atoms with Crippen LogP contribution in [0, 0.1) is 11.8 Å². The SMILES string of the molecule is CC#CCCC(N)CCCCCCCC. The second-order valence-corrected chi connectivity index (χ2v) is 4.28. The Morgan fingerprint density at radius 1 is 1.00 bits per heavy atom. The zero-order chi connectivity index (χ0) is 11.4. The molecule has 0 heterocycles. The van der Waals surface area contributed by atoms with Crippen LogP contribution in [-0.2, 0) is 0 Å². The predicted octanol–water partition coefficient (Wildman–Crippen LogP) is 3.87. The molecule has 0 aromatic rings. The van der Waals surface area contributed by atoms with E-state index >= 15 is 0 Å². The molecule has 0 bridgehead atoms. The fourth-order valence-electron chi connectivity index (χ4n) is 1.71. The molecule has 0 amide bonds. The summed E-state index contributed by atoms with van der Waals surface area (Å²) in [5, 5.41) is 0. The number of unbranched alkanes of at least 4 members (excludes halogenated alkanes) is 5. The summed E-state index contributed by atoms with van der Waals surface area (Å²) < 4.78 is 0. The number of nitrogens with two attached hydrogens (primary N) is 1. The molecule has 1 unspecified atom stereocenters. The quantitative estimate of drug-likeness (QED) is 0.453. The van der Waals surface area contributed by atoms with Gasteiger partial charge in [-0.2, -0.15) is 0 Å². The lowest BCUT2D eigenvalue weighted by molar-refractivity contribution is 0.517. The van der Waals surface area contributed by atoms with Crippen molar-refractivity contribution in [2.75, 3.05) is 0 Å². The first-order chi connectivity index (χ1) is 7.31. The molecule has 0 aromatic heterocycles. The molecule has 0 aliphatic rings. The van der Waals surface area contributed by atoms with Gasteiger partial charge in [0.15, 0.2) is 0 Å². The van der Waals surface area contributed by atoms with Crippen LogP contribution in [0.4, 0.5) is 0 Å². The van der Waals surface area contributed by atoms with E-state index in [-0.39, 0.29) is 0 Å². The van der Waals surface area contributed by atoms with E-state index in [1.54, 1.807) is 0 Å². The number of hydrogen-bond acceptors (Lipinski definition) is 1. The first kappa shape index (κ1) is 14.5. The molecule has 0 saturated carbocycles. The Labute approximate surface area is 95.8 Å². The highest BCUT2D eigenvalue weighted by atomic mass is 14.6. The van der Waals surface area contributed by atoms with Gasteiger partial charge in [-0.15, -0.1) is 11.8 Å². The standard InChI is InChI=1S/C14H27N/c1-3-5-7-8-9-11-13-14(15)12-10-6-4-2/h14H,3,5,7-13,15H2,1-2H3. The normalized spacial score (nSPS) is 11.9. The molecule has 15 heavy (non-hydrogen) atoms. The molecular weight excluding hydrogens is 182 g/mol. The average Bonchev–Trinajstić information content (AvgIpc) is 2.23. The van der Waals surface area contributed by atoms with Crippen LogP contribution in [-0.4, -0.2) is 6.04 Å². The van der Waals surface area contributed by atoms with E-state index in [1.165, 1.54) is 44.9 Å². The molecule has 0 aromatic carbocycles. The Morgan fingerprint density at radius 2 is 1.67 bits per heavy atom. The fourth-order valence-corrected chi connectivity index (χ4v) is 1.71. The van der Waals surface area contributed by atoms with Gasteiger partial charge < -0.3 is 5.73 Å². The van der Waals surface area contributed by atoms with Crippen molar-refractivity contribution in [3.63, 3.8) is 0 Å². The minimum atomic E-state index is 0.372. The molecule has 0 saturated heterocycles. The van der Waals surface area contributed by atoms with E-state index in [4.69, 9.17) is 5.73 Å². The molecular formula is C14H27N. The molecule has 2 N–H and O–H groups in total. The third kappa shape index (κ3) is 11.4. The predicted molar refractivity (Wildman–Crippen MR) is 68.7 cm³/mol. The highest BCUT2D eigenvalue weighted by Gasteiger charge is 2.00. The summed E-state index contributed by atoms with van der Waals surface area (Å²) in [6, 6.07) is 0.372. The molecule has 1 atom stereocenters. The monoisotopic (exact) mass is 209 g/mol. The van der Waals surface area contributed by atoms with Gasteiger partial charge >= 0.3 is 0 Å². The van der Waals surface area contributed by atoms with E-state index in [2.05, 4.69) is 18.8 Å². The zero-order valence-corrected chi connectivity index (χ0v) is 10.5. The second-order valence-electron chi connectivity index (χ2n) is 4.28. The van der Waals surface area contributed by atoms with Crippen LogP contribution in [0.25, 0.3) is 0 Å². The van der Waals surface area contributed by atoms with Crippen molar-refractivity contribution in [2.24, 2.45) is 5.73 Å². The van der Waals surface area contributed by atoms with Gasteiger partial charge in [0.25, 0.3) is 0 Å². The molecule has 0 aliphatic carbocycles. The van der Waals surface area contributed by atoms with E-state index in [9.17, 15) is 0 Å². The second kappa shape index (κ2) is 11.6. The summed E-state index contributed by atoms with van der Waals surface area (Å²) >= 11 is 0. The van der Waals surface area contributed by atoms with Gasteiger partial charge in [-0.05, 0) is 19.8 Å². The smallest absolute Gasteiger partial charge is 0.0103 e. The lowest BCUT2D eigenvalue weighted by Crippen LogP contribution is -2.19. The maximum atomic E-state index is 5.99. The minimum absolute atomic E-state index is 0.372. The van der Waals surface area contributed by atoms with Crippen LogP contribution in [0.15, 0.2) is 0 Å². The maximum Gasteiger partial charge on any atom is 0.0103 e. The number of rotatable bonds is 9. The van der Waals surface area contributed by atoms with Crippen LogP contribution in [0.5, 0.6) is 0 Å². The van der Waals surface area contributed by atoms with Crippen molar-refractivity contribution in [1.29, 1.82) is 0 Å². The van der Waals surface area contributed by atoms with Crippen molar-refractivity contribution >= 4 is 0 Å². The number of hydrogen-bond donors (Lipinski definition) is 1. The Balaban J connectivity index is 3.15. The fraction of sp³-hybridized carbons (Fsp3) is 0.857. The van der Waals surface area contributed by atoms with Gasteiger partial charge in [-0.25, -0.2) is 0 Å². The highest BCUT2D eigenvalue weighted by molar-refractivity contribution is 4.95. The lowest BCUT2D eigenvalue weighted by atomic mass is 10.0. The van der Waals surface area contributed by atoms with Crippen LogP contribution < -0.4 is 5.73 Å². The average molecular weight is 209 g/mol. The molecule has 0 radical (unpaired) electrons. The summed E-state index contributed by atoms with van der Waals surface area (Å²) in [7, 11) is 0. The van der Waals surface area contributed by atoms with Crippen LogP contribution in [0.3, 0.4) is 0 Å². The van der Waals surface area contributed by atoms with Crippen molar-refractivity contribution in [2.45, 2.75) is 77.7 Å². The summed E-state index contributed by atoms with van der Waals surface area (Å²) in [4.78, 5) is 0.